The molecule has 0 aliphatic carbocycles. The summed E-state index contributed by atoms with van der Waals surface area (Å²) in [6.07, 6.45) is 0. The Morgan fingerprint density at radius 1 is 1.32 bits per heavy atom. The Kier molecular flexibility index (Phi) is 3.62. The SMILES string of the molecule is CC(C)C1=C2CN(C3COC3)CCN2C(S)=N[C@H]1C. The largest absolute Gasteiger partial charge is 0.378 e. The average Bonchev–Trinajstić information content (AvgIpc) is 2.25. The lowest BCUT2D eigenvalue weighted by molar-refractivity contribution is -0.0683. The summed E-state index contributed by atoms with van der Waals surface area (Å²) in [5.74, 6) is 0.537. The maximum absolute atomic E-state index is 5.33. The molecule has 0 spiro atoms. The van der Waals surface area contributed by atoms with Gasteiger partial charge in [-0.1, -0.05) is 13.8 Å². The fourth-order valence-corrected chi connectivity index (χ4v) is 3.70. The molecule has 0 aromatic rings. The number of aliphatic imine (C=N–C) groups is 1. The molecular weight excluding hydrogens is 258 g/mol. The van der Waals surface area contributed by atoms with Crippen LogP contribution in [0.2, 0.25) is 0 Å². The molecule has 0 aromatic carbocycles. The summed E-state index contributed by atoms with van der Waals surface area (Å²) in [6.45, 7) is 11.6. The zero-order valence-corrected chi connectivity index (χ0v) is 12.9. The lowest BCUT2D eigenvalue weighted by Crippen LogP contribution is -2.57. The second-order valence-electron chi connectivity index (χ2n) is 5.98. The molecule has 5 heteroatoms. The van der Waals surface area contributed by atoms with Gasteiger partial charge in [-0.25, -0.2) is 0 Å². The molecule has 3 aliphatic heterocycles. The highest BCUT2D eigenvalue weighted by atomic mass is 32.1. The molecule has 0 aromatic heterocycles. The topological polar surface area (TPSA) is 28.1 Å². The minimum absolute atomic E-state index is 0.261. The molecule has 3 aliphatic rings. The van der Waals surface area contributed by atoms with E-state index in [0.29, 0.717) is 12.0 Å². The molecule has 0 saturated carbocycles. The highest BCUT2D eigenvalue weighted by Gasteiger charge is 2.36. The van der Waals surface area contributed by atoms with E-state index in [2.05, 4.69) is 48.2 Å². The third-order valence-corrected chi connectivity index (χ3v) is 4.74. The van der Waals surface area contributed by atoms with Crippen molar-refractivity contribution in [1.82, 2.24) is 9.80 Å². The van der Waals surface area contributed by atoms with Crippen molar-refractivity contribution in [2.75, 3.05) is 32.8 Å². The maximum Gasteiger partial charge on any atom is 0.160 e. The van der Waals surface area contributed by atoms with Gasteiger partial charge in [0.05, 0.1) is 25.3 Å². The third kappa shape index (κ3) is 2.32. The van der Waals surface area contributed by atoms with E-state index < -0.39 is 0 Å². The number of hydrogen-bond donors (Lipinski definition) is 1. The van der Waals surface area contributed by atoms with Crippen LogP contribution in [0, 0.1) is 5.92 Å². The average molecular weight is 281 g/mol. The number of fused-ring (bicyclic) bond motifs is 1. The van der Waals surface area contributed by atoms with Gasteiger partial charge in [-0.15, -0.1) is 12.6 Å². The summed E-state index contributed by atoms with van der Waals surface area (Å²) in [4.78, 5) is 9.53. The van der Waals surface area contributed by atoms with Crippen molar-refractivity contribution in [3.63, 3.8) is 0 Å². The van der Waals surface area contributed by atoms with E-state index >= 15 is 0 Å². The van der Waals surface area contributed by atoms with Crippen LogP contribution in [0.3, 0.4) is 0 Å². The molecule has 106 valence electrons. The van der Waals surface area contributed by atoms with Crippen molar-refractivity contribution in [2.24, 2.45) is 10.9 Å². The normalized spacial score (nSPS) is 29.4. The van der Waals surface area contributed by atoms with E-state index in [1.165, 1.54) is 11.3 Å². The molecule has 19 heavy (non-hydrogen) atoms. The van der Waals surface area contributed by atoms with E-state index in [-0.39, 0.29) is 6.04 Å². The molecule has 0 amide bonds. The van der Waals surface area contributed by atoms with Crippen LogP contribution in [0.4, 0.5) is 0 Å². The monoisotopic (exact) mass is 281 g/mol. The van der Waals surface area contributed by atoms with Crippen LogP contribution in [0.25, 0.3) is 0 Å². The molecule has 2 saturated heterocycles. The second kappa shape index (κ2) is 5.11. The van der Waals surface area contributed by atoms with Crippen LogP contribution < -0.4 is 0 Å². The van der Waals surface area contributed by atoms with E-state index in [1.807, 2.05) is 0 Å². The van der Waals surface area contributed by atoms with Crippen LogP contribution in [0.1, 0.15) is 20.8 Å². The van der Waals surface area contributed by atoms with E-state index in [9.17, 15) is 0 Å². The number of rotatable bonds is 2. The van der Waals surface area contributed by atoms with E-state index in [0.717, 1.165) is 38.0 Å². The molecule has 1 atom stereocenters. The Morgan fingerprint density at radius 2 is 2.05 bits per heavy atom. The minimum atomic E-state index is 0.261. The summed E-state index contributed by atoms with van der Waals surface area (Å²) >= 11 is 4.57. The molecule has 0 N–H and O–H groups in total. The van der Waals surface area contributed by atoms with Crippen molar-refractivity contribution in [3.8, 4) is 0 Å². The molecule has 4 nitrogen and oxygen atoms in total. The smallest absolute Gasteiger partial charge is 0.160 e. The molecule has 0 bridgehead atoms. The van der Waals surface area contributed by atoms with Crippen molar-refractivity contribution in [3.05, 3.63) is 11.3 Å². The fourth-order valence-electron chi connectivity index (χ4n) is 3.30. The van der Waals surface area contributed by atoms with Gasteiger partial charge in [0.1, 0.15) is 0 Å². The first-order valence-corrected chi connectivity index (χ1v) is 7.61. The number of ether oxygens (including phenoxy) is 1. The number of hydrogen-bond acceptors (Lipinski definition) is 4. The summed E-state index contributed by atoms with van der Waals surface area (Å²) in [6, 6.07) is 0.872. The zero-order valence-electron chi connectivity index (χ0n) is 12.0. The Balaban J connectivity index is 1.88. The molecule has 2 fully saturated rings. The van der Waals surface area contributed by atoms with Gasteiger partial charge in [-0.3, -0.25) is 9.89 Å². The Morgan fingerprint density at radius 3 is 2.63 bits per heavy atom. The van der Waals surface area contributed by atoms with E-state index in [4.69, 9.17) is 4.74 Å². The number of thiol groups is 1. The minimum Gasteiger partial charge on any atom is -0.378 e. The molecule has 3 rings (SSSR count). The highest BCUT2D eigenvalue weighted by Crippen LogP contribution is 2.32. The quantitative estimate of drug-likeness (QED) is 0.779. The van der Waals surface area contributed by atoms with Crippen molar-refractivity contribution >= 4 is 17.8 Å². The van der Waals surface area contributed by atoms with Gasteiger partial charge in [0.25, 0.3) is 0 Å². The molecule has 3 heterocycles. The first-order chi connectivity index (χ1) is 9.08. The molecule has 0 unspecified atom stereocenters. The van der Waals surface area contributed by atoms with Crippen LogP contribution in [0.5, 0.6) is 0 Å². The van der Waals surface area contributed by atoms with Gasteiger partial charge in [-0.2, -0.15) is 0 Å². The van der Waals surface area contributed by atoms with Gasteiger partial charge < -0.3 is 9.64 Å². The fraction of sp³-hybridized carbons (Fsp3) is 0.786. The van der Waals surface area contributed by atoms with Crippen LogP contribution >= 0.6 is 12.6 Å². The summed E-state index contributed by atoms with van der Waals surface area (Å²) in [5.41, 5.74) is 2.91. The van der Waals surface area contributed by atoms with Gasteiger partial charge in [0.2, 0.25) is 0 Å². The Labute approximate surface area is 120 Å². The number of amidine groups is 1. The zero-order chi connectivity index (χ0) is 13.6. The lowest BCUT2D eigenvalue weighted by atomic mass is 9.92. The Hall–Kier alpha value is -0.520. The molecular formula is C14H23N3OS. The maximum atomic E-state index is 5.33. The van der Waals surface area contributed by atoms with Gasteiger partial charge in [0, 0.05) is 25.3 Å². The predicted octanol–water partition coefficient (Wildman–Crippen LogP) is 1.60. The van der Waals surface area contributed by atoms with Crippen molar-refractivity contribution < 1.29 is 4.74 Å². The van der Waals surface area contributed by atoms with Crippen molar-refractivity contribution in [2.45, 2.75) is 32.9 Å². The molecule has 0 radical (unpaired) electrons. The summed E-state index contributed by atoms with van der Waals surface area (Å²) in [5, 5.41) is 0.886. The van der Waals surface area contributed by atoms with Crippen LogP contribution in [0.15, 0.2) is 16.3 Å². The van der Waals surface area contributed by atoms with Gasteiger partial charge in [-0.05, 0) is 18.4 Å². The predicted molar refractivity (Wildman–Crippen MR) is 80.6 cm³/mol. The second-order valence-corrected chi connectivity index (χ2v) is 6.38. The first kappa shape index (κ1) is 13.5. The standard InChI is InChI=1S/C14H23N3OS/c1-9(2)13-10(3)15-14(19)17-5-4-16(6-12(13)17)11-7-18-8-11/h9-11H,4-8H2,1-3H3,(H,15,19)/t10-/m0/s1. The Bertz CT molecular complexity index is 428. The van der Waals surface area contributed by atoms with Gasteiger partial charge in [0.15, 0.2) is 5.17 Å². The van der Waals surface area contributed by atoms with E-state index in [1.54, 1.807) is 0 Å². The summed E-state index contributed by atoms with van der Waals surface area (Å²) < 4.78 is 5.33. The number of piperazine rings is 1. The van der Waals surface area contributed by atoms with Crippen molar-refractivity contribution in [1.29, 1.82) is 0 Å². The van der Waals surface area contributed by atoms with Gasteiger partial charge >= 0.3 is 0 Å². The third-order valence-electron chi connectivity index (χ3n) is 4.38. The first-order valence-electron chi connectivity index (χ1n) is 7.17. The van der Waals surface area contributed by atoms with Crippen LogP contribution in [-0.4, -0.2) is 59.9 Å². The summed E-state index contributed by atoms with van der Waals surface area (Å²) in [7, 11) is 0. The lowest BCUT2D eigenvalue weighted by Gasteiger charge is -2.47. The highest BCUT2D eigenvalue weighted by molar-refractivity contribution is 7.96. The number of nitrogens with zero attached hydrogens (tertiary/aromatic N) is 3. The van der Waals surface area contributed by atoms with Crippen LogP contribution in [-0.2, 0) is 4.74 Å².